The van der Waals surface area contributed by atoms with Crippen molar-refractivity contribution >= 4 is 0 Å². The Morgan fingerprint density at radius 3 is 2.63 bits per heavy atom. The zero-order chi connectivity index (χ0) is 14.1. The molecule has 2 unspecified atom stereocenters. The second-order valence-electron chi connectivity index (χ2n) is 4.41. The molecule has 1 aromatic rings. The van der Waals surface area contributed by atoms with Gasteiger partial charge in [-0.3, -0.25) is 0 Å². The molecule has 5 heteroatoms. The van der Waals surface area contributed by atoms with Gasteiger partial charge in [-0.1, -0.05) is 6.07 Å². The average Bonchev–Trinajstić information content (AvgIpc) is 2.43. The topological polar surface area (TPSA) is 60.0 Å². The van der Waals surface area contributed by atoms with Crippen molar-refractivity contribution in [3.8, 4) is 11.5 Å². The summed E-state index contributed by atoms with van der Waals surface area (Å²) in [6.07, 6.45) is -0.564. The third kappa shape index (κ3) is 6.42. The van der Waals surface area contributed by atoms with E-state index >= 15 is 0 Å². The molecule has 5 nitrogen and oxygen atoms in total. The van der Waals surface area contributed by atoms with Gasteiger partial charge in [-0.15, -0.1) is 0 Å². The average molecular weight is 269 g/mol. The Labute approximate surface area is 114 Å². The van der Waals surface area contributed by atoms with Crippen molar-refractivity contribution in [3.05, 3.63) is 24.3 Å². The molecule has 2 atom stereocenters. The molecule has 2 N–H and O–H groups in total. The van der Waals surface area contributed by atoms with Crippen molar-refractivity contribution in [2.24, 2.45) is 0 Å². The maximum Gasteiger partial charge on any atom is 0.123 e. The predicted octanol–water partition coefficient (Wildman–Crippen LogP) is 1.06. The van der Waals surface area contributed by atoms with E-state index in [1.165, 1.54) is 0 Å². The molecule has 0 aliphatic carbocycles. The summed E-state index contributed by atoms with van der Waals surface area (Å²) >= 11 is 0. The molecule has 108 valence electrons. The normalized spacial score (nSPS) is 13.9. The fraction of sp³-hybridized carbons (Fsp3) is 0.571. The van der Waals surface area contributed by atoms with E-state index in [-0.39, 0.29) is 12.6 Å². The molecule has 1 rings (SSSR count). The summed E-state index contributed by atoms with van der Waals surface area (Å²) in [5.74, 6) is 1.42. The lowest BCUT2D eigenvalue weighted by molar-refractivity contribution is 0.0972. The molecule has 0 heterocycles. The van der Waals surface area contributed by atoms with Crippen LogP contribution in [0.1, 0.15) is 6.92 Å². The number of methoxy groups -OCH3 is 2. The second-order valence-corrected chi connectivity index (χ2v) is 4.41. The first-order chi connectivity index (χ1) is 9.15. The van der Waals surface area contributed by atoms with Crippen LogP contribution in [0.25, 0.3) is 0 Å². The van der Waals surface area contributed by atoms with Crippen LogP contribution in [0.2, 0.25) is 0 Å². The van der Waals surface area contributed by atoms with Crippen LogP contribution in [0.15, 0.2) is 24.3 Å². The van der Waals surface area contributed by atoms with Gasteiger partial charge in [-0.05, 0) is 19.1 Å². The molecule has 0 radical (unpaired) electrons. The Morgan fingerprint density at radius 1 is 1.21 bits per heavy atom. The van der Waals surface area contributed by atoms with E-state index in [9.17, 15) is 5.11 Å². The van der Waals surface area contributed by atoms with Crippen LogP contribution in [0, 0.1) is 0 Å². The van der Waals surface area contributed by atoms with E-state index in [0.717, 1.165) is 5.75 Å². The number of benzene rings is 1. The summed E-state index contributed by atoms with van der Waals surface area (Å²) in [6.45, 7) is 3.32. The number of aliphatic hydroxyl groups is 1. The highest BCUT2D eigenvalue weighted by molar-refractivity contribution is 5.32. The zero-order valence-electron chi connectivity index (χ0n) is 11.8. The number of ether oxygens (including phenoxy) is 3. The summed E-state index contributed by atoms with van der Waals surface area (Å²) in [7, 11) is 3.26. The Kier molecular flexibility index (Phi) is 7.25. The molecule has 0 fully saturated rings. The van der Waals surface area contributed by atoms with Crippen LogP contribution in [0.4, 0.5) is 0 Å². The SMILES string of the molecule is COCC(C)NCC(O)COc1cccc(OC)c1. The van der Waals surface area contributed by atoms with E-state index in [1.54, 1.807) is 20.3 Å². The van der Waals surface area contributed by atoms with Gasteiger partial charge >= 0.3 is 0 Å². The predicted molar refractivity (Wildman–Crippen MR) is 73.8 cm³/mol. The highest BCUT2D eigenvalue weighted by atomic mass is 16.5. The van der Waals surface area contributed by atoms with Gasteiger partial charge in [-0.25, -0.2) is 0 Å². The zero-order valence-corrected chi connectivity index (χ0v) is 11.8. The van der Waals surface area contributed by atoms with Crippen LogP contribution in [0.5, 0.6) is 11.5 Å². The number of hydrogen-bond donors (Lipinski definition) is 2. The van der Waals surface area contributed by atoms with E-state index < -0.39 is 6.10 Å². The first kappa shape index (κ1) is 15.8. The van der Waals surface area contributed by atoms with Crippen molar-refractivity contribution in [3.63, 3.8) is 0 Å². The van der Waals surface area contributed by atoms with Gasteiger partial charge in [0.2, 0.25) is 0 Å². The minimum atomic E-state index is -0.564. The van der Waals surface area contributed by atoms with Crippen LogP contribution in [-0.4, -0.2) is 51.2 Å². The molecule has 0 saturated heterocycles. The molecule has 0 amide bonds. The molecule has 0 bridgehead atoms. The van der Waals surface area contributed by atoms with E-state index in [2.05, 4.69) is 5.32 Å². The second kappa shape index (κ2) is 8.74. The maximum atomic E-state index is 9.79. The molecular weight excluding hydrogens is 246 g/mol. The Morgan fingerprint density at radius 2 is 1.95 bits per heavy atom. The Bertz CT molecular complexity index is 359. The lowest BCUT2D eigenvalue weighted by atomic mass is 10.3. The van der Waals surface area contributed by atoms with Crippen molar-refractivity contribution < 1.29 is 19.3 Å². The molecular formula is C14H23NO4. The summed E-state index contributed by atoms with van der Waals surface area (Å²) < 4.78 is 15.6. The highest BCUT2D eigenvalue weighted by Crippen LogP contribution is 2.18. The lowest BCUT2D eigenvalue weighted by Crippen LogP contribution is -2.38. The summed E-state index contributed by atoms with van der Waals surface area (Å²) in [6, 6.07) is 7.51. The smallest absolute Gasteiger partial charge is 0.123 e. The van der Waals surface area contributed by atoms with E-state index in [0.29, 0.717) is 18.9 Å². The maximum absolute atomic E-state index is 9.79. The first-order valence-electron chi connectivity index (χ1n) is 6.33. The van der Waals surface area contributed by atoms with E-state index in [1.807, 2.05) is 25.1 Å². The standard InChI is InChI=1S/C14H23NO4/c1-11(9-17-2)15-8-12(16)10-19-14-6-4-5-13(7-14)18-3/h4-7,11-12,15-16H,8-10H2,1-3H3. The van der Waals surface area contributed by atoms with Crippen molar-refractivity contribution in [1.29, 1.82) is 0 Å². The fourth-order valence-electron chi connectivity index (χ4n) is 1.59. The van der Waals surface area contributed by atoms with Crippen LogP contribution < -0.4 is 14.8 Å². The largest absolute Gasteiger partial charge is 0.497 e. The Balaban J connectivity index is 2.27. The van der Waals surface area contributed by atoms with Crippen LogP contribution in [-0.2, 0) is 4.74 Å². The van der Waals surface area contributed by atoms with Gasteiger partial charge < -0.3 is 24.6 Å². The quantitative estimate of drug-likeness (QED) is 0.702. The van der Waals surface area contributed by atoms with Crippen LogP contribution in [0.3, 0.4) is 0 Å². The van der Waals surface area contributed by atoms with Gasteiger partial charge in [-0.2, -0.15) is 0 Å². The molecule has 0 spiro atoms. The van der Waals surface area contributed by atoms with Gasteiger partial charge in [0.25, 0.3) is 0 Å². The van der Waals surface area contributed by atoms with Gasteiger partial charge in [0.1, 0.15) is 24.2 Å². The lowest BCUT2D eigenvalue weighted by Gasteiger charge is -2.17. The van der Waals surface area contributed by atoms with E-state index in [4.69, 9.17) is 14.2 Å². The minimum Gasteiger partial charge on any atom is -0.497 e. The van der Waals surface area contributed by atoms with Crippen LogP contribution >= 0.6 is 0 Å². The number of nitrogens with one attached hydrogen (secondary N) is 1. The summed E-state index contributed by atoms with van der Waals surface area (Å²) in [5, 5.41) is 13.0. The molecule has 0 saturated carbocycles. The molecule has 0 aliphatic rings. The number of rotatable bonds is 9. The highest BCUT2D eigenvalue weighted by Gasteiger charge is 2.08. The summed E-state index contributed by atoms with van der Waals surface area (Å²) in [5.41, 5.74) is 0. The van der Waals surface area contributed by atoms with Crippen molar-refractivity contribution in [1.82, 2.24) is 5.32 Å². The van der Waals surface area contributed by atoms with Gasteiger partial charge in [0.05, 0.1) is 13.7 Å². The minimum absolute atomic E-state index is 0.205. The number of aliphatic hydroxyl groups excluding tert-OH is 1. The van der Waals surface area contributed by atoms with Crippen molar-refractivity contribution in [2.45, 2.75) is 19.1 Å². The fourth-order valence-corrected chi connectivity index (χ4v) is 1.59. The summed E-state index contributed by atoms with van der Waals surface area (Å²) in [4.78, 5) is 0. The van der Waals surface area contributed by atoms with Gasteiger partial charge in [0.15, 0.2) is 0 Å². The number of hydrogen-bond acceptors (Lipinski definition) is 5. The molecule has 0 aliphatic heterocycles. The van der Waals surface area contributed by atoms with Gasteiger partial charge in [0, 0.05) is 25.8 Å². The molecule has 19 heavy (non-hydrogen) atoms. The third-order valence-electron chi connectivity index (χ3n) is 2.60. The molecule has 0 aromatic heterocycles. The first-order valence-corrected chi connectivity index (χ1v) is 6.33. The third-order valence-corrected chi connectivity index (χ3v) is 2.60. The van der Waals surface area contributed by atoms with Crippen molar-refractivity contribution in [2.75, 3.05) is 34.0 Å². The monoisotopic (exact) mass is 269 g/mol. The Hall–Kier alpha value is -1.30. The molecule has 1 aromatic carbocycles.